The van der Waals surface area contributed by atoms with Crippen molar-refractivity contribution in [3.8, 4) is 17.2 Å². The van der Waals surface area contributed by atoms with Crippen molar-refractivity contribution in [1.82, 2.24) is 10.2 Å². The third kappa shape index (κ3) is 6.47. The molecule has 0 atom stereocenters. The quantitative estimate of drug-likeness (QED) is 0.344. The maximum Gasteiger partial charge on any atom is 0.194 e. The van der Waals surface area contributed by atoms with Gasteiger partial charge in [0.1, 0.15) is 5.75 Å². The number of phenolic OH excluding ortho intramolecular Hbond substituents is 1. The van der Waals surface area contributed by atoms with Crippen LogP contribution in [0.5, 0.6) is 17.2 Å². The summed E-state index contributed by atoms with van der Waals surface area (Å²) in [6.07, 6.45) is 0. The number of aliphatic imine (C=N–C) groups is 1. The molecule has 0 spiro atoms. The first-order chi connectivity index (χ1) is 13.0. The summed E-state index contributed by atoms with van der Waals surface area (Å²) in [4.78, 5) is 6.79. The van der Waals surface area contributed by atoms with Crippen molar-refractivity contribution in [3.63, 3.8) is 0 Å². The summed E-state index contributed by atoms with van der Waals surface area (Å²) in [6.45, 7) is 6.12. The number of aryl methyl sites for hydroxylation is 1. The van der Waals surface area contributed by atoms with Crippen molar-refractivity contribution in [1.29, 1.82) is 0 Å². The minimum Gasteiger partial charge on any atom is -0.508 e. The van der Waals surface area contributed by atoms with Crippen LogP contribution in [0.15, 0.2) is 41.4 Å². The number of rotatable bonds is 7. The van der Waals surface area contributed by atoms with Gasteiger partial charge in [0.25, 0.3) is 0 Å². The van der Waals surface area contributed by atoms with Gasteiger partial charge in [0.2, 0.25) is 0 Å². The van der Waals surface area contributed by atoms with E-state index in [0.29, 0.717) is 13.1 Å². The van der Waals surface area contributed by atoms with Gasteiger partial charge in [0.15, 0.2) is 17.5 Å². The van der Waals surface area contributed by atoms with Crippen LogP contribution in [-0.2, 0) is 13.1 Å². The molecule has 0 amide bonds. The maximum atomic E-state index is 9.40. The standard InChI is InChI=1S/C21H29N3O3.HI/c1-6-22-21(23-13-16-7-9-18(25)10-8-16)24(3)14-17-12-20(27-5)19(26-4)11-15(17)2;/h7-12,25H,6,13-14H2,1-5H3,(H,22,23);1H. The Morgan fingerprint density at radius 1 is 1.11 bits per heavy atom. The van der Waals surface area contributed by atoms with Gasteiger partial charge in [-0.25, -0.2) is 4.99 Å². The number of halogens is 1. The largest absolute Gasteiger partial charge is 0.508 e. The number of ether oxygens (including phenoxy) is 2. The normalized spacial score (nSPS) is 10.8. The van der Waals surface area contributed by atoms with Gasteiger partial charge in [0, 0.05) is 20.1 Å². The molecule has 0 saturated heterocycles. The second-order valence-electron chi connectivity index (χ2n) is 6.33. The van der Waals surface area contributed by atoms with E-state index < -0.39 is 0 Å². The Bertz CT molecular complexity index is 779. The van der Waals surface area contributed by atoms with Crippen LogP contribution in [-0.4, -0.2) is 43.8 Å². The molecule has 0 aliphatic rings. The molecule has 6 nitrogen and oxygen atoms in total. The minimum absolute atomic E-state index is 0. The molecule has 0 heterocycles. The molecule has 154 valence electrons. The SMILES string of the molecule is CCNC(=NCc1ccc(O)cc1)N(C)Cc1cc(OC)c(OC)cc1C.I. The molecule has 0 fully saturated rings. The minimum atomic E-state index is 0. The van der Waals surface area contributed by atoms with E-state index in [9.17, 15) is 5.11 Å². The fraction of sp³-hybridized carbons (Fsp3) is 0.381. The fourth-order valence-corrected chi connectivity index (χ4v) is 2.76. The first-order valence-electron chi connectivity index (χ1n) is 8.97. The number of nitrogens with zero attached hydrogens (tertiary/aromatic N) is 2. The monoisotopic (exact) mass is 499 g/mol. The van der Waals surface area contributed by atoms with Crippen LogP contribution >= 0.6 is 24.0 Å². The van der Waals surface area contributed by atoms with Crippen molar-refractivity contribution >= 4 is 29.9 Å². The van der Waals surface area contributed by atoms with Gasteiger partial charge in [-0.2, -0.15) is 0 Å². The number of guanidine groups is 1. The number of nitrogens with one attached hydrogen (secondary N) is 1. The van der Waals surface area contributed by atoms with Crippen molar-refractivity contribution < 1.29 is 14.6 Å². The maximum absolute atomic E-state index is 9.40. The summed E-state index contributed by atoms with van der Waals surface area (Å²) in [5.41, 5.74) is 3.32. The molecule has 2 rings (SSSR count). The van der Waals surface area contributed by atoms with Crippen molar-refractivity contribution in [2.75, 3.05) is 27.8 Å². The van der Waals surface area contributed by atoms with Crippen molar-refractivity contribution in [2.24, 2.45) is 4.99 Å². The van der Waals surface area contributed by atoms with Gasteiger partial charge in [-0.05, 0) is 54.8 Å². The number of aromatic hydroxyl groups is 1. The zero-order valence-electron chi connectivity index (χ0n) is 17.2. The highest BCUT2D eigenvalue weighted by Crippen LogP contribution is 2.30. The van der Waals surface area contributed by atoms with Gasteiger partial charge < -0.3 is 24.8 Å². The molecule has 2 aromatic rings. The lowest BCUT2D eigenvalue weighted by atomic mass is 10.1. The Morgan fingerprint density at radius 2 is 1.71 bits per heavy atom. The average molecular weight is 499 g/mol. The van der Waals surface area contributed by atoms with Crippen LogP contribution in [0.4, 0.5) is 0 Å². The van der Waals surface area contributed by atoms with Crippen LogP contribution < -0.4 is 14.8 Å². The van der Waals surface area contributed by atoms with Crippen LogP contribution in [0.25, 0.3) is 0 Å². The highest BCUT2D eigenvalue weighted by Gasteiger charge is 2.12. The Morgan fingerprint density at radius 3 is 2.29 bits per heavy atom. The van der Waals surface area contributed by atoms with E-state index in [4.69, 9.17) is 14.5 Å². The molecule has 2 aromatic carbocycles. The van der Waals surface area contributed by atoms with E-state index in [1.165, 1.54) is 0 Å². The summed E-state index contributed by atoms with van der Waals surface area (Å²) in [7, 11) is 5.29. The van der Waals surface area contributed by atoms with Crippen LogP contribution in [0.1, 0.15) is 23.6 Å². The molecule has 0 aliphatic heterocycles. The van der Waals surface area contributed by atoms with E-state index in [1.54, 1.807) is 26.4 Å². The summed E-state index contributed by atoms with van der Waals surface area (Å²) < 4.78 is 10.8. The summed E-state index contributed by atoms with van der Waals surface area (Å²) in [6, 6.07) is 11.1. The Kier molecular flexibility index (Phi) is 9.92. The Balaban J connectivity index is 0.00000392. The van der Waals surface area contributed by atoms with E-state index in [2.05, 4.69) is 17.1 Å². The third-order valence-corrected chi connectivity index (χ3v) is 4.29. The van der Waals surface area contributed by atoms with Gasteiger partial charge in [0.05, 0.1) is 20.8 Å². The van der Waals surface area contributed by atoms with E-state index in [-0.39, 0.29) is 29.7 Å². The van der Waals surface area contributed by atoms with Crippen LogP contribution in [0, 0.1) is 6.92 Å². The molecule has 0 aromatic heterocycles. The van der Waals surface area contributed by atoms with E-state index >= 15 is 0 Å². The highest BCUT2D eigenvalue weighted by molar-refractivity contribution is 14.0. The molecule has 28 heavy (non-hydrogen) atoms. The fourth-order valence-electron chi connectivity index (χ4n) is 2.76. The molecular weight excluding hydrogens is 469 g/mol. The third-order valence-electron chi connectivity index (χ3n) is 4.29. The molecule has 0 radical (unpaired) electrons. The van der Waals surface area contributed by atoms with E-state index in [0.717, 1.165) is 40.7 Å². The molecule has 0 bridgehead atoms. The number of benzene rings is 2. The lowest BCUT2D eigenvalue weighted by Gasteiger charge is -2.23. The first-order valence-corrected chi connectivity index (χ1v) is 8.97. The molecular formula is C21H30IN3O3. The summed E-state index contributed by atoms with van der Waals surface area (Å²) >= 11 is 0. The average Bonchev–Trinajstić information content (AvgIpc) is 2.67. The smallest absolute Gasteiger partial charge is 0.194 e. The first kappa shape index (κ1) is 23.9. The van der Waals surface area contributed by atoms with Crippen LogP contribution in [0.2, 0.25) is 0 Å². The molecule has 0 aliphatic carbocycles. The summed E-state index contributed by atoms with van der Waals surface area (Å²) in [5.74, 6) is 2.53. The van der Waals surface area contributed by atoms with E-state index in [1.807, 2.05) is 38.2 Å². The Hall–Kier alpha value is -2.16. The number of hydrogen-bond acceptors (Lipinski definition) is 4. The van der Waals surface area contributed by atoms with Gasteiger partial charge in [-0.3, -0.25) is 0 Å². The van der Waals surface area contributed by atoms with Crippen molar-refractivity contribution in [2.45, 2.75) is 26.9 Å². The lowest BCUT2D eigenvalue weighted by molar-refractivity contribution is 0.353. The zero-order chi connectivity index (χ0) is 19.8. The molecule has 0 unspecified atom stereocenters. The number of hydrogen-bond donors (Lipinski definition) is 2. The number of phenols is 1. The topological polar surface area (TPSA) is 66.3 Å². The molecule has 7 heteroatoms. The molecule has 0 saturated carbocycles. The van der Waals surface area contributed by atoms with Gasteiger partial charge in [-0.1, -0.05) is 12.1 Å². The zero-order valence-corrected chi connectivity index (χ0v) is 19.5. The highest BCUT2D eigenvalue weighted by atomic mass is 127. The predicted molar refractivity (Wildman–Crippen MR) is 124 cm³/mol. The van der Waals surface area contributed by atoms with Gasteiger partial charge in [-0.15, -0.1) is 24.0 Å². The van der Waals surface area contributed by atoms with Crippen molar-refractivity contribution in [3.05, 3.63) is 53.1 Å². The number of methoxy groups -OCH3 is 2. The van der Waals surface area contributed by atoms with Crippen LogP contribution in [0.3, 0.4) is 0 Å². The summed E-state index contributed by atoms with van der Waals surface area (Å²) in [5, 5.41) is 12.7. The lowest BCUT2D eigenvalue weighted by Crippen LogP contribution is -2.38. The molecule has 2 N–H and O–H groups in total. The Labute approximate surface area is 184 Å². The second-order valence-corrected chi connectivity index (χ2v) is 6.33. The second kappa shape index (κ2) is 11.6. The van der Waals surface area contributed by atoms with Gasteiger partial charge >= 0.3 is 0 Å². The predicted octanol–water partition coefficient (Wildman–Crippen LogP) is 3.93.